The standard InChI is InChI=1S/C15H21N3O/c1-11-4-2-6-13-15(11)18-14(17-13)7-8-16-12-5-3-9-19-10-12/h2,4,6,12,16H,3,5,7-10H2,1H3,(H,17,18). The first-order chi connectivity index (χ1) is 9.33. The summed E-state index contributed by atoms with van der Waals surface area (Å²) in [5.74, 6) is 1.06. The minimum absolute atomic E-state index is 0.514. The lowest BCUT2D eigenvalue weighted by Crippen LogP contribution is -2.37. The van der Waals surface area contributed by atoms with E-state index in [0.29, 0.717) is 6.04 Å². The van der Waals surface area contributed by atoms with Gasteiger partial charge in [-0.05, 0) is 31.4 Å². The quantitative estimate of drug-likeness (QED) is 0.885. The van der Waals surface area contributed by atoms with Crippen molar-refractivity contribution in [2.75, 3.05) is 19.8 Å². The highest BCUT2D eigenvalue weighted by Gasteiger charge is 2.13. The summed E-state index contributed by atoms with van der Waals surface area (Å²) < 4.78 is 5.46. The molecular formula is C15H21N3O. The number of aryl methyl sites for hydroxylation is 1. The number of H-pyrrole nitrogens is 1. The number of aromatic nitrogens is 2. The predicted molar refractivity (Wildman–Crippen MR) is 76.4 cm³/mol. The van der Waals surface area contributed by atoms with Crippen molar-refractivity contribution in [3.8, 4) is 0 Å². The molecule has 1 aliphatic heterocycles. The molecule has 1 unspecified atom stereocenters. The number of benzene rings is 1. The summed E-state index contributed by atoms with van der Waals surface area (Å²) in [6.45, 7) is 4.82. The fourth-order valence-electron chi connectivity index (χ4n) is 2.64. The maximum absolute atomic E-state index is 5.46. The Morgan fingerprint density at radius 2 is 2.42 bits per heavy atom. The van der Waals surface area contributed by atoms with E-state index in [4.69, 9.17) is 4.74 Å². The number of nitrogens with zero attached hydrogens (tertiary/aromatic N) is 1. The largest absolute Gasteiger partial charge is 0.380 e. The molecule has 1 aliphatic rings. The molecule has 2 heterocycles. The summed E-state index contributed by atoms with van der Waals surface area (Å²) in [6.07, 6.45) is 3.32. The molecule has 0 spiro atoms. The van der Waals surface area contributed by atoms with E-state index in [1.807, 2.05) is 0 Å². The highest BCUT2D eigenvalue weighted by atomic mass is 16.5. The van der Waals surface area contributed by atoms with Crippen molar-refractivity contribution in [2.45, 2.75) is 32.2 Å². The molecule has 19 heavy (non-hydrogen) atoms. The van der Waals surface area contributed by atoms with E-state index in [2.05, 4.69) is 40.4 Å². The van der Waals surface area contributed by atoms with Crippen LogP contribution in [0, 0.1) is 6.92 Å². The molecule has 102 valence electrons. The molecule has 2 N–H and O–H groups in total. The van der Waals surface area contributed by atoms with Crippen LogP contribution >= 0.6 is 0 Å². The first kappa shape index (κ1) is 12.6. The Morgan fingerprint density at radius 1 is 1.47 bits per heavy atom. The van der Waals surface area contributed by atoms with Gasteiger partial charge in [0.2, 0.25) is 0 Å². The van der Waals surface area contributed by atoms with Gasteiger partial charge in [0.1, 0.15) is 5.82 Å². The Hall–Kier alpha value is -1.39. The van der Waals surface area contributed by atoms with E-state index in [1.165, 1.54) is 18.4 Å². The Bertz CT molecular complexity index is 543. The Labute approximate surface area is 113 Å². The van der Waals surface area contributed by atoms with Crippen LogP contribution in [-0.4, -0.2) is 35.8 Å². The van der Waals surface area contributed by atoms with Crippen LogP contribution in [0.25, 0.3) is 11.0 Å². The van der Waals surface area contributed by atoms with Crippen molar-refractivity contribution in [1.82, 2.24) is 15.3 Å². The zero-order valence-electron chi connectivity index (χ0n) is 11.4. The lowest BCUT2D eigenvalue weighted by molar-refractivity contribution is 0.0707. The van der Waals surface area contributed by atoms with Gasteiger partial charge in [0.15, 0.2) is 0 Å². The van der Waals surface area contributed by atoms with Crippen molar-refractivity contribution < 1.29 is 4.74 Å². The number of aromatic amines is 1. The van der Waals surface area contributed by atoms with E-state index in [-0.39, 0.29) is 0 Å². The molecule has 1 aromatic carbocycles. The molecular weight excluding hydrogens is 238 g/mol. The van der Waals surface area contributed by atoms with Crippen molar-refractivity contribution >= 4 is 11.0 Å². The van der Waals surface area contributed by atoms with Crippen LogP contribution < -0.4 is 5.32 Å². The second-order valence-corrected chi connectivity index (χ2v) is 5.27. The zero-order chi connectivity index (χ0) is 13.1. The number of hydrogen-bond donors (Lipinski definition) is 2. The van der Waals surface area contributed by atoms with Crippen molar-refractivity contribution in [3.05, 3.63) is 29.6 Å². The van der Waals surface area contributed by atoms with Crippen LogP contribution in [-0.2, 0) is 11.2 Å². The predicted octanol–water partition coefficient (Wildman–Crippen LogP) is 2.18. The molecule has 1 fully saturated rings. The van der Waals surface area contributed by atoms with Gasteiger partial charge in [0.05, 0.1) is 17.6 Å². The second kappa shape index (κ2) is 5.72. The molecule has 0 bridgehead atoms. The molecule has 1 atom stereocenters. The minimum atomic E-state index is 0.514. The molecule has 0 amide bonds. The SMILES string of the molecule is Cc1cccc2[nH]c(CCNC3CCCOC3)nc12. The van der Waals surface area contributed by atoms with Gasteiger partial charge in [0.25, 0.3) is 0 Å². The molecule has 3 rings (SSSR count). The van der Waals surface area contributed by atoms with Gasteiger partial charge < -0.3 is 15.0 Å². The Balaban J connectivity index is 1.57. The van der Waals surface area contributed by atoms with Gasteiger partial charge in [0, 0.05) is 25.6 Å². The van der Waals surface area contributed by atoms with Gasteiger partial charge in [-0.2, -0.15) is 0 Å². The van der Waals surface area contributed by atoms with E-state index >= 15 is 0 Å². The normalized spacial score (nSPS) is 19.9. The first-order valence-electron chi connectivity index (χ1n) is 7.08. The fourth-order valence-corrected chi connectivity index (χ4v) is 2.64. The third-order valence-corrected chi connectivity index (χ3v) is 3.72. The van der Waals surface area contributed by atoms with E-state index in [1.54, 1.807) is 0 Å². The maximum Gasteiger partial charge on any atom is 0.108 e. The highest BCUT2D eigenvalue weighted by Crippen LogP contribution is 2.15. The van der Waals surface area contributed by atoms with Crippen molar-refractivity contribution in [2.24, 2.45) is 0 Å². The van der Waals surface area contributed by atoms with Crippen LogP contribution in [0.15, 0.2) is 18.2 Å². The molecule has 2 aromatic rings. The molecule has 4 nitrogen and oxygen atoms in total. The summed E-state index contributed by atoms with van der Waals surface area (Å²) in [5, 5.41) is 3.54. The Morgan fingerprint density at radius 3 is 3.21 bits per heavy atom. The molecule has 1 saturated heterocycles. The zero-order valence-corrected chi connectivity index (χ0v) is 11.4. The summed E-state index contributed by atoms with van der Waals surface area (Å²) in [7, 11) is 0. The molecule has 1 aromatic heterocycles. The van der Waals surface area contributed by atoms with E-state index < -0.39 is 0 Å². The average Bonchev–Trinajstić information content (AvgIpc) is 2.84. The average molecular weight is 259 g/mol. The molecule has 0 saturated carbocycles. The maximum atomic E-state index is 5.46. The van der Waals surface area contributed by atoms with Gasteiger partial charge >= 0.3 is 0 Å². The number of imidazole rings is 1. The minimum Gasteiger partial charge on any atom is -0.380 e. The summed E-state index contributed by atoms with van der Waals surface area (Å²) in [4.78, 5) is 8.06. The monoisotopic (exact) mass is 259 g/mol. The number of para-hydroxylation sites is 1. The topological polar surface area (TPSA) is 49.9 Å². The Kier molecular flexibility index (Phi) is 3.80. The molecule has 0 radical (unpaired) electrons. The van der Waals surface area contributed by atoms with E-state index in [9.17, 15) is 0 Å². The van der Waals surface area contributed by atoms with Crippen LogP contribution in [0.1, 0.15) is 24.2 Å². The van der Waals surface area contributed by atoms with E-state index in [0.717, 1.165) is 43.0 Å². The first-order valence-corrected chi connectivity index (χ1v) is 7.08. The van der Waals surface area contributed by atoms with Gasteiger partial charge in [-0.1, -0.05) is 12.1 Å². The number of rotatable bonds is 4. The number of hydrogen-bond acceptors (Lipinski definition) is 3. The van der Waals surface area contributed by atoms with Crippen LogP contribution in [0.2, 0.25) is 0 Å². The lowest BCUT2D eigenvalue weighted by atomic mass is 10.1. The summed E-state index contributed by atoms with van der Waals surface area (Å²) in [5.41, 5.74) is 3.46. The lowest BCUT2D eigenvalue weighted by Gasteiger charge is -2.22. The van der Waals surface area contributed by atoms with Crippen LogP contribution in [0.5, 0.6) is 0 Å². The third-order valence-electron chi connectivity index (χ3n) is 3.72. The third kappa shape index (κ3) is 2.96. The van der Waals surface area contributed by atoms with Crippen molar-refractivity contribution in [1.29, 1.82) is 0 Å². The van der Waals surface area contributed by atoms with Gasteiger partial charge in [-0.25, -0.2) is 4.98 Å². The summed E-state index contributed by atoms with van der Waals surface area (Å²) in [6, 6.07) is 6.77. The smallest absolute Gasteiger partial charge is 0.108 e. The van der Waals surface area contributed by atoms with Gasteiger partial charge in [-0.15, -0.1) is 0 Å². The van der Waals surface area contributed by atoms with Crippen LogP contribution in [0.3, 0.4) is 0 Å². The number of ether oxygens (including phenoxy) is 1. The number of fused-ring (bicyclic) bond motifs is 1. The molecule has 0 aliphatic carbocycles. The fraction of sp³-hybridized carbons (Fsp3) is 0.533. The second-order valence-electron chi connectivity index (χ2n) is 5.27. The van der Waals surface area contributed by atoms with Crippen LogP contribution in [0.4, 0.5) is 0 Å². The van der Waals surface area contributed by atoms with Gasteiger partial charge in [-0.3, -0.25) is 0 Å². The van der Waals surface area contributed by atoms with Crippen molar-refractivity contribution in [3.63, 3.8) is 0 Å². The highest BCUT2D eigenvalue weighted by molar-refractivity contribution is 5.78. The number of nitrogens with one attached hydrogen (secondary N) is 2. The summed E-state index contributed by atoms with van der Waals surface area (Å²) >= 11 is 0. The molecule has 4 heteroatoms.